The summed E-state index contributed by atoms with van der Waals surface area (Å²) in [6, 6.07) is 2.59. The molecule has 7 nitrogen and oxygen atoms in total. The Bertz CT molecular complexity index is 777. The molecule has 0 atom stereocenters. The highest BCUT2D eigenvalue weighted by molar-refractivity contribution is 5.91. The van der Waals surface area contributed by atoms with Crippen molar-refractivity contribution < 1.29 is 18.0 Å². The minimum atomic E-state index is -4.45. The first-order valence-electron chi connectivity index (χ1n) is 9.41. The first-order chi connectivity index (χ1) is 13.4. The molecule has 0 unspecified atom stereocenters. The van der Waals surface area contributed by atoms with Crippen molar-refractivity contribution in [2.75, 3.05) is 13.1 Å². The van der Waals surface area contributed by atoms with Gasteiger partial charge in [0.1, 0.15) is 0 Å². The topological polar surface area (TPSA) is 84.7 Å². The number of amides is 1. The van der Waals surface area contributed by atoms with Gasteiger partial charge in [-0.05, 0) is 25.0 Å². The largest absolute Gasteiger partial charge is 0.417 e. The lowest BCUT2D eigenvalue weighted by Gasteiger charge is -2.16. The minimum absolute atomic E-state index is 0. The van der Waals surface area contributed by atoms with Crippen LogP contribution in [0.3, 0.4) is 0 Å². The Hall–Kier alpha value is -1.91. The van der Waals surface area contributed by atoms with E-state index in [-0.39, 0.29) is 42.2 Å². The highest BCUT2D eigenvalue weighted by atomic mass is 35.5. The van der Waals surface area contributed by atoms with Crippen molar-refractivity contribution in [1.82, 2.24) is 30.6 Å². The molecule has 2 aromatic heterocycles. The number of halogens is 5. The van der Waals surface area contributed by atoms with Gasteiger partial charge in [-0.25, -0.2) is 9.67 Å². The van der Waals surface area contributed by atoms with E-state index >= 15 is 0 Å². The lowest BCUT2D eigenvalue weighted by atomic mass is 10.1. The van der Waals surface area contributed by atoms with E-state index < -0.39 is 11.7 Å². The second kappa shape index (κ2) is 12.1. The molecule has 2 aromatic rings. The molecule has 0 saturated heterocycles. The molecule has 0 spiro atoms. The highest BCUT2D eigenvalue weighted by Crippen LogP contribution is 2.28. The first-order valence-corrected chi connectivity index (χ1v) is 9.41. The van der Waals surface area contributed by atoms with E-state index in [1.165, 1.54) is 55.5 Å². The van der Waals surface area contributed by atoms with Crippen molar-refractivity contribution in [1.29, 1.82) is 0 Å². The van der Waals surface area contributed by atoms with Gasteiger partial charge < -0.3 is 10.6 Å². The van der Waals surface area contributed by atoms with E-state index in [0.717, 1.165) is 12.3 Å². The quantitative estimate of drug-likeness (QED) is 0.499. The van der Waals surface area contributed by atoms with Crippen LogP contribution in [0.15, 0.2) is 24.5 Å². The van der Waals surface area contributed by atoms with E-state index in [4.69, 9.17) is 0 Å². The SMILES string of the molecule is Cl.Cl.O=C(NCCNC1CCCCCC1)c1cn(-c2ccc(C(F)(F)F)cn2)nn1. The zero-order valence-electron chi connectivity index (χ0n) is 16.2. The van der Waals surface area contributed by atoms with E-state index in [2.05, 4.69) is 25.9 Å². The molecule has 12 heteroatoms. The maximum atomic E-state index is 12.6. The van der Waals surface area contributed by atoms with Crippen LogP contribution >= 0.6 is 24.8 Å². The Kier molecular flexibility index (Phi) is 10.5. The third kappa shape index (κ3) is 7.41. The summed E-state index contributed by atoms with van der Waals surface area (Å²) in [5.41, 5.74) is -0.772. The second-order valence-electron chi connectivity index (χ2n) is 6.85. The van der Waals surface area contributed by atoms with Gasteiger partial charge in [-0.3, -0.25) is 4.79 Å². The van der Waals surface area contributed by atoms with Crippen molar-refractivity contribution in [3.05, 3.63) is 35.8 Å². The van der Waals surface area contributed by atoms with Crippen LogP contribution in [0.5, 0.6) is 0 Å². The van der Waals surface area contributed by atoms with Gasteiger partial charge in [0.25, 0.3) is 5.91 Å². The summed E-state index contributed by atoms with van der Waals surface area (Å²) < 4.78 is 38.9. The Morgan fingerprint density at radius 3 is 2.40 bits per heavy atom. The molecule has 1 aliphatic rings. The molecule has 2 heterocycles. The number of carbonyl (C=O) groups excluding carboxylic acids is 1. The summed E-state index contributed by atoms with van der Waals surface area (Å²) in [5, 5.41) is 13.7. The van der Waals surface area contributed by atoms with Crippen LogP contribution in [0.2, 0.25) is 0 Å². The molecule has 1 aliphatic carbocycles. The monoisotopic (exact) mass is 468 g/mol. The fourth-order valence-electron chi connectivity index (χ4n) is 3.20. The molecule has 2 N–H and O–H groups in total. The number of hydrogen-bond donors (Lipinski definition) is 2. The van der Waals surface area contributed by atoms with Crippen LogP contribution in [0, 0.1) is 0 Å². The molecule has 0 bridgehead atoms. The normalized spacial score (nSPS) is 14.9. The van der Waals surface area contributed by atoms with Crippen molar-refractivity contribution in [3.8, 4) is 5.82 Å². The lowest BCUT2D eigenvalue weighted by molar-refractivity contribution is -0.137. The molecular formula is C18H25Cl2F3N6O. The molecule has 30 heavy (non-hydrogen) atoms. The first kappa shape index (κ1) is 26.1. The van der Waals surface area contributed by atoms with E-state index in [1.54, 1.807) is 0 Å². The minimum Gasteiger partial charge on any atom is -0.349 e. The Balaban J connectivity index is 0.00000225. The van der Waals surface area contributed by atoms with Crippen molar-refractivity contribution in [2.45, 2.75) is 50.7 Å². The average molecular weight is 469 g/mol. The Labute approximate surface area is 185 Å². The van der Waals surface area contributed by atoms with Gasteiger partial charge in [0.2, 0.25) is 0 Å². The maximum absolute atomic E-state index is 12.6. The fraction of sp³-hybridized carbons (Fsp3) is 0.556. The smallest absolute Gasteiger partial charge is 0.349 e. The average Bonchev–Trinajstić information content (AvgIpc) is 3.02. The number of aromatic nitrogens is 4. The van der Waals surface area contributed by atoms with Gasteiger partial charge in [0.05, 0.1) is 11.8 Å². The molecule has 0 radical (unpaired) electrons. The van der Waals surface area contributed by atoms with Crippen LogP contribution in [-0.4, -0.2) is 45.0 Å². The summed E-state index contributed by atoms with van der Waals surface area (Å²) in [6.07, 6.45) is 5.00. The summed E-state index contributed by atoms with van der Waals surface area (Å²) in [6.45, 7) is 1.13. The molecule has 1 fully saturated rings. The van der Waals surface area contributed by atoms with Gasteiger partial charge in [-0.15, -0.1) is 29.9 Å². The van der Waals surface area contributed by atoms with Crippen LogP contribution in [0.4, 0.5) is 13.2 Å². The summed E-state index contributed by atoms with van der Waals surface area (Å²) >= 11 is 0. The number of nitrogens with zero attached hydrogens (tertiary/aromatic N) is 4. The van der Waals surface area contributed by atoms with Crippen molar-refractivity contribution in [3.63, 3.8) is 0 Å². The second-order valence-corrected chi connectivity index (χ2v) is 6.85. The molecule has 3 rings (SSSR count). The van der Waals surface area contributed by atoms with E-state index in [9.17, 15) is 18.0 Å². The Morgan fingerprint density at radius 1 is 1.10 bits per heavy atom. The zero-order valence-corrected chi connectivity index (χ0v) is 17.8. The van der Waals surface area contributed by atoms with Crippen molar-refractivity contribution in [2.24, 2.45) is 0 Å². The third-order valence-electron chi connectivity index (χ3n) is 4.73. The molecular weight excluding hydrogens is 444 g/mol. The number of rotatable bonds is 6. The molecule has 1 amide bonds. The molecule has 0 aromatic carbocycles. The molecule has 168 valence electrons. The van der Waals surface area contributed by atoms with E-state index in [1.807, 2.05) is 0 Å². The maximum Gasteiger partial charge on any atom is 0.417 e. The van der Waals surface area contributed by atoms with E-state index in [0.29, 0.717) is 19.1 Å². The highest BCUT2D eigenvalue weighted by Gasteiger charge is 2.30. The predicted octanol–water partition coefficient (Wildman–Crippen LogP) is 3.57. The van der Waals surface area contributed by atoms with Crippen LogP contribution in [0.25, 0.3) is 5.82 Å². The summed E-state index contributed by atoms with van der Waals surface area (Å²) in [4.78, 5) is 15.9. The van der Waals surface area contributed by atoms with Gasteiger partial charge in [0, 0.05) is 25.3 Å². The standard InChI is InChI=1S/C18H23F3N6O.2ClH/c19-18(20,21)13-7-8-16(24-11-13)27-12-15(25-26-27)17(28)23-10-9-22-14-5-3-1-2-4-6-14;;/h7-8,11-12,14,22H,1-6,9-10H2,(H,23,28);2*1H. The van der Waals surface area contributed by atoms with Crippen LogP contribution < -0.4 is 10.6 Å². The fourth-order valence-corrected chi connectivity index (χ4v) is 3.20. The number of nitrogens with one attached hydrogen (secondary N) is 2. The van der Waals surface area contributed by atoms with Gasteiger partial charge >= 0.3 is 6.18 Å². The van der Waals surface area contributed by atoms with Gasteiger partial charge in [-0.2, -0.15) is 13.2 Å². The number of carbonyl (C=O) groups is 1. The van der Waals surface area contributed by atoms with Gasteiger partial charge in [0.15, 0.2) is 11.5 Å². The van der Waals surface area contributed by atoms with Crippen LogP contribution in [0.1, 0.15) is 54.6 Å². The Morgan fingerprint density at radius 2 is 1.80 bits per heavy atom. The summed E-state index contributed by atoms with van der Waals surface area (Å²) in [7, 11) is 0. The summed E-state index contributed by atoms with van der Waals surface area (Å²) in [5.74, 6) is -0.240. The number of pyridine rings is 1. The van der Waals surface area contributed by atoms with Crippen LogP contribution in [-0.2, 0) is 6.18 Å². The molecule has 0 aliphatic heterocycles. The predicted molar refractivity (Wildman–Crippen MR) is 110 cm³/mol. The van der Waals surface area contributed by atoms with Crippen molar-refractivity contribution >= 4 is 30.7 Å². The lowest BCUT2D eigenvalue weighted by Crippen LogP contribution is -2.37. The van der Waals surface area contributed by atoms with Gasteiger partial charge in [-0.1, -0.05) is 30.9 Å². The molecule has 1 saturated carbocycles. The number of alkyl halides is 3. The third-order valence-corrected chi connectivity index (χ3v) is 4.73. The zero-order chi connectivity index (χ0) is 20.0. The number of hydrogen-bond acceptors (Lipinski definition) is 5.